The molecule has 1 aromatic rings. The summed E-state index contributed by atoms with van der Waals surface area (Å²) in [5.74, 6) is 0.965. The fourth-order valence-electron chi connectivity index (χ4n) is 1.57. The minimum atomic E-state index is 0.731. The quantitative estimate of drug-likeness (QED) is 0.734. The van der Waals surface area contributed by atoms with Crippen LogP contribution in [-0.4, -0.2) is 21.5 Å². The molecular weight excluding hydrogens is 176 g/mol. The predicted molar refractivity (Wildman–Crippen MR) is 54.7 cm³/mol. The van der Waals surface area contributed by atoms with Crippen molar-refractivity contribution in [3.05, 3.63) is 11.9 Å². The van der Waals surface area contributed by atoms with Gasteiger partial charge in [0.2, 0.25) is 0 Å². The van der Waals surface area contributed by atoms with E-state index in [0.717, 1.165) is 37.5 Å². The van der Waals surface area contributed by atoms with E-state index in [1.54, 1.807) is 0 Å². The average molecular weight is 194 g/mol. The molecule has 0 radical (unpaired) electrons. The highest BCUT2D eigenvalue weighted by Gasteiger charge is 2.20. The van der Waals surface area contributed by atoms with Gasteiger partial charge in [0.1, 0.15) is 0 Å². The fourth-order valence-corrected chi connectivity index (χ4v) is 1.57. The summed E-state index contributed by atoms with van der Waals surface area (Å²) in [6.45, 7) is 1.76. The Bertz CT molecular complexity index is 277. The number of nitrogens with zero attached hydrogens (tertiary/aromatic N) is 3. The van der Waals surface area contributed by atoms with E-state index in [9.17, 15) is 0 Å². The molecular formula is C10H18N4. The Morgan fingerprint density at radius 3 is 3.07 bits per heavy atom. The molecule has 0 atom stereocenters. The Kier molecular flexibility index (Phi) is 3.14. The molecule has 1 heterocycles. The minimum Gasteiger partial charge on any atom is -0.330 e. The standard InChI is InChI=1S/C10H18N4/c11-6-1-2-10-8-14(13-12-10)7-5-9-3-4-9/h8-9H,1-7,11H2. The lowest BCUT2D eigenvalue weighted by atomic mass is 10.2. The van der Waals surface area contributed by atoms with Crippen molar-refractivity contribution in [1.82, 2.24) is 15.0 Å². The molecule has 1 saturated carbocycles. The number of hydrogen-bond donors (Lipinski definition) is 1. The van der Waals surface area contributed by atoms with Crippen LogP contribution in [0.4, 0.5) is 0 Å². The molecule has 0 saturated heterocycles. The zero-order chi connectivity index (χ0) is 9.80. The molecule has 14 heavy (non-hydrogen) atoms. The zero-order valence-corrected chi connectivity index (χ0v) is 8.52. The minimum absolute atomic E-state index is 0.731. The second-order valence-electron chi connectivity index (χ2n) is 4.10. The Balaban J connectivity index is 1.76. The molecule has 0 amide bonds. The van der Waals surface area contributed by atoms with Crippen molar-refractivity contribution in [1.29, 1.82) is 0 Å². The third-order valence-electron chi connectivity index (χ3n) is 2.69. The molecule has 0 bridgehead atoms. The second kappa shape index (κ2) is 4.55. The molecule has 2 N–H and O–H groups in total. The van der Waals surface area contributed by atoms with E-state index in [1.165, 1.54) is 19.3 Å². The van der Waals surface area contributed by atoms with Gasteiger partial charge in [0.15, 0.2) is 0 Å². The highest BCUT2D eigenvalue weighted by Crippen LogP contribution is 2.32. The van der Waals surface area contributed by atoms with Crippen LogP contribution in [0.3, 0.4) is 0 Å². The topological polar surface area (TPSA) is 56.7 Å². The molecule has 0 unspecified atom stereocenters. The van der Waals surface area contributed by atoms with Crippen LogP contribution in [0, 0.1) is 5.92 Å². The van der Waals surface area contributed by atoms with Gasteiger partial charge >= 0.3 is 0 Å². The lowest BCUT2D eigenvalue weighted by Crippen LogP contribution is -2.00. The monoisotopic (exact) mass is 194 g/mol. The van der Waals surface area contributed by atoms with Crippen LogP contribution in [0.1, 0.15) is 31.4 Å². The lowest BCUT2D eigenvalue weighted by Gasteiger charge is -1.96. The van der Waals surface area contributed by atoms with Gasteiger partial charge in [-0.3, -0.25) is 4.68 Å². The maximum absolute atomic E-state index is 5.43. The molecule has 1 aliphatic carbocycles. The number of aryl methyl sites for hydroxylation is 2. The molecule has 1 aliphatic rings. The van der Waals surface area contributed by atoms with Gasteiger partial charge in [0.05, 0.1) is 5.69 Å². The Labute approximate surface area is 84.5 Å². The van der Waals surface area contributed by atoms with Crippen molar-refractivity contribution >= 4 is 0 Å². The molecule has 0 aliphatic heterocycles. The first kappa shape index (κ1) is 9.65. The van der Waals surface area contributed by atoms with Gasteiger partial charge in [0.25, 0.3) is 0 Å². The summed E-state index contributed by atoms with van der Waals surface area (Å²) in [5, 5.41) is 8.20. The summed E-state index contributed by atoms with van der Waals surface area (Å²) in [6, 6.07) is 0. The highest BCUT2D eigenvalue weighted by molar-refractivity contribution is 4.92. The van der Waals surface area contributed by atoms with Crippen molar-refractivity contribution < 1.29 is 0 Å². The van der Waals surface area contributed by atoms with Gasteiger partial charge in [0, 0.05) is 12.7 Å². The molecule has 1 fully saturated rings. The smallest absolute Gasteiger partial charge is 0.0827 e. The van der Waals surface area contributed by atoms with Crippen molar-refractivity contribution in [2.45, 2.75) is 38.6 Å². The maximum atomic E-state index is 5.43. The molecule has 0 spiro atoms. The van der Waals surface area contributed by atoms with E-state index >= 15 is 0 Å². The Hall–Kier alpha value is -0.900. The molecule has 4 heteroatoms. The first-order chi connectivity index (χ1) is 6.88. The van der Waals surface area contributed by atoms with Gasteiger partial charge in [-0.25, -0.2) is 0 Å². The molecule has 4 nitrogen and oxygen atoms in total. The van der Waals surface area contributed by atoms with Crippen molar-refractivity contribution in [2.75, 3.05) is 6.54 Å². The number of rotatable bonds is 6. The SMILES string of the molecule is NCCCc1cn(CCC2CC2)nn1. The van der Waals surface area contributed by atoms with E-state index in [4.69, 9.17) is 5.73 Å². The van der Waals surface area contributed by atoms with Crippen LogP contribution in [-0.2, 0) is 13.0 Å². The van der Waals surface area contributed by atoms with Gasteiger partial charge in [-0.05, 0) is 31.7 Å². The van der Waals surface area contributed by atoms with E-state index in [2.05, 4.69) is 16.5 Å². The first-order valence-electron chi connectivity index (χ1n) is 5.47. The third kappa shape index (κ3) is 2.80. The summed E-state index contributed by atoms with van der Waals surface area (Å²) in [5.41, 5.74) is 6.51. The molecule has 0 aromatic carbocycles. The van der Waals surface area contributed by atoms with Gasteiger partial charge in [-0.2, -0.15) is 0 Å². The van der Waals surface area contributed by atoms with Crippen LogP contribution < -0.4 is 5.73 Å². The van der Waals surface area contributed by atoms with Crippen molar-refractivity contribution in [3.8, 4) is 0 Å². The number of aromatic nitrogens is 3. The van der Waals surface area contributed by atoms with Crippen LogP contribution >= 0.6 is 0 Å². The molecule has 78 valence electrons. The lowest BCUT2D eigenvalue weighted by molar-refractivity contribution is 0.531. The predicted octanol–water partition coefficient (Wildman–Crippen LogP) is 0.969. The van der Waals surface area contributed by atoms with E-state index < -0.39 is 0 Å². The van der Waals surface area contributed by atoms with E-state index in [1.807, 2.05) is 4.68 Å². The maximum Gasteiger partial charge on any atom is 0.0827 e. The summed E-state index contributed by atoms with van der Waals surface area (Å²) in [4.78, 5) is 0. The van der Waals surface area contributed by atoms with Gasteiger partial charge < -0.3 is 5.73 Å². The van der Waals surface area contributed by atoms with Crippen LogP contribution in [0.5, 0.6) is 0 Å². The van der Waals surface area contributed by atoms with E-state index in [-0.39, 0.29) is 0 Å². The fraction of sp³-hybridized carbons (Fsp3) is 0.800. The number of nitrogens with two attached hydrogens (primary N) is 1. The third-order valence-corrected chi connectivity index (χ3v) is 2.69. The Morgan fingerprint density at radius 2 is 2.36 bits per heavy atom. The van der Waals surface area contributed by atoms with Crippen molar-refractivity contribution in [2.24, 2.45) is 11.7 Å². The van der Waals surface area contributed by atoms with Gasteiger partial charge in [-0.15, -0.1) is 5.10 Å². The average Bonchev–Trinajstić information content (AvgIpc) is 2.92. The molecule has 2 rings (SSSR count). The van der Waals surface area contributed by atoms with Gasteiger partial charge in [-0.1, -0.05) is 18.1 Å². The highest BCUT2D eigenvalue weighted by atomic mass is 15.4. The summed E-state index contributed by atoms with van der Waals surface area (Å²) in [7, 11) is 0. The van der Waals surface area contributed by atoms with Crippen molar-refractivity contribution in [3.63, 3.8) is 0 Å². The Morgan fingerprint density at radius 1 is 1.50 bits per heavy atom. The van der Waals surface area contributed by atoms with E-state index in [0.29, 0.717) is 0 Å². The summed E-state index contributed by atoms with van der Waals surface area (Å²) in [6.07, 6.45) is 8.10. The van der Waals surface area contributed by atoms with Crippen LogP contribution in [0.2, 0.25) is 0 Å². The number of hydrogen-bond acceptors (Lipinski definition) is 3. The zero-order valence-electron chi connectivity index (χ0n) is 8.52. The normalized spacial score (nSPS) is 16.1. The van der Waals surface area contributed by atoms with Crippen LogP contribution in [0.15, 0.2) is 6.20 Å². The second-order valence-corrected chi connectivity index (χ2v) is 4.10. The molecule has 1 aromatic heterocycles. The summed E-state index contributed by atoms with van der Waals surface area (Å²) < 4.78 is 1.96. The summed E-state index contributed by atoms with van der Waals surface area (Å²) >= 11 is 0. The first-order valence-corrected chi connectivity index (χ1v) is 5.47. The van der Waals surface area contributed by atoms with Crippen LogP contribution in [0.25, 0.3) is 0 Å². The largest absolute Gasteiger partial charge is 0.330 e.